The third-order valence-electron chi connectivity index (χ3n) is 4.30. The minimum Gasteiger partial charge on any atom is -0.305 e. The van der Waals surface area contributed by atoms with Crippen LogP contribution in [0.5, 0.6) is 0 Å². The predicted molar refractivity (Wildman–Crippen MR) is 66.6 cm³/mol. The highest BCUT2D eigenvalue weighted by atomic mass is 15.2. The van der Waals surface area contributed by atoms with Gasteiger partial charge in [0.05, 0.1) is 0 Å². The van der Waals surface area contributed by atoms with Crippen LogP contribution in [0.15, 0.2) is 30.3 Å². The van der Waals surface area contributed by atoms with Gasteiger partial charge in [-0.2, -0.15) is 0 Å². The topological polar surface area (TPSA) is 6.48 Å². The summed E-state index contributed by atoms with van der Waals surface area (Å²) in [6.45, 7) is 4.93. The van der Waals surface area contributed by atoms with E-state index in [0.717, 1.165) is 5.92 Å². The van der Waals surface area contributed by atoms with Crippen LogP contribution in [0.1, 0.15) is 5.56 Å². The standard InChI is InChI=1S/C14H20N2/c1-15-8-13-9-16(2)11-14(13,10-15)12-6-4-3-5-7-12/h3-7,13H,8-11H2,1-2H3/t13-,14+. The van der Waals surface area contributed by atoms with Gasteiger partial charge in [-0.15, -0.1) is 0 Å². The summed E-state index contributed by atoms with van der Waals surface area (Å²) in [6, 6.07) is 11.1. The minimum atomic E-state index is 0.394. The lowest BCUT2D eigenvalue weighted by atomic mass is 9.75. The fraction of sp³-hybridized carbons (Fsp3) is 0.571. The van der Waals surface area contributed by atoms with Gasteiger partial charge in [-0.3, -0.25) is 0 Å². The van der Waals surface area contributed by atoms with E-state index in [9.17, 15) is 0 Å². The van der Waals surface area contributed by atoms with Crippen molar-refractivity contribution in [2.45, 2.75) is 5.41 Å². The maximum absolute atomic E-state index is 2.49. The van der Waals surface area contributed by atoms with Crippen molar-refractivity contribution in [1.82, 2.24) is 9.80 Å². The van der Waals surface area contributed by atoms with Gasteiger partial charge in [-0.1, -0.05) is 30.3 Å². The quantitative estimate of drug-likeness (QED) is 0.701. The predicted octanol–water partition coefficient (Wildman–Crippen LogP) is 1.43. The molecule has 2 aliphatic rings. The van der Waals surface area contributed by atoms with Gasteiger partial charge in [0.2, 0.25) is 0 Å². The molecule has 16 heavy (non-hydrogen) atoms. The molecule has 1 aromatic rings. The number of benzene rings is 1. The first-order chi connectivity index (χ1) is 7.71. The zero-order chi connectivity index (χ0) is 11.2. The van der Waals surface area contributed by atoms with Gasteiger partial charge in [0, 0.05) is 31.6 Å². The normalized spacial score (nSPS) is 35.5. The Hall–Kier alpha value is -0.860. The Labute approximate surface area is 97.9 Å². The summed E-state index contributed by atoms with van der Waals surface area (Å²) in [6.07, 6.45) is 0. The van der Waals surface area contributed by atoms with Crippen LogP contribution < -0.4 is 0 Å². The second kappa shape index (κ2) is 3.57. The second-order valence-electron chi connectivity index (χ2n) is 5.61. The van der Waals surface area contributed by atoms with E-state index in [1.54, 1.807) is 0 Å². The van der Waals surface area contributed by atoms with Crippen molar-refractivity contribution in [2.75, 3.05) is 40.3 Å². The molecule has 0 radical (unpaired) electrons. The summed E-state index contributed by atoms with van der Waals surface area (Å²) in [5, 5.41) is 0. The van der Waals surface area contributed by atoms with Gasteiger partial charge in [0.1, 0.15) is 0 Å². The molecule has 2 fully saturated rings. The summed E-state index contributed by atoms with van der Waals surface area (Å²) in [4.78, 5) is 4.98. The molecule has 0 bridgehead atoms. The molecule has 2 saturated heterocycles. The molecule has 3 rings (SSSR count). The molecule has 0 amide bonds. The summed E-state index contributed by atoms with van der Waals surface area (Å²) in [5.41, 5.74) is 1.93. The Morgan fingerprint density at radius 3 is 2.12 bits per heavy atom. The van der Waals surface area contributed by atoms with E-state index in [1.165, 1.54) is 31.7 Å². The Kier molecular flexibility index (Phi) is 2.30. The fourth-order valence-electron chi connectivity index (χ4n) is 3.75. The van der Waals surface area contributed by atoms with Crippen LogP contribution in [0.2, 0.25) is 0 Å². The SMILES string of the molecule is CN1C[C@H]2CN(C)C[C@@]2(c2ccccc2)C1. The van der Waals surface area contributed by atoms with Crippen molar-refractivity contribution in [1.29, 1.82) is 0 Å². The van der Waals surface area contributed by atoms with Crippen molar-refractivity contribution in [2.24, 2.45) is 5.92 Å². The number of likely N-dealkylation sites (tertiary alicyclic amines) is 2. The van der Waals surface area contributed by atoms with E-state index in [1.807, 2.05) is 0 Å². The van der Waals surface area contributed by atoms with Crippen molar-refractivity contribution in [3.8, 4) is 0 Å². The molecular formula is C14H20N2. The van der Waals surface area contributed by atoms with Crippen LogP contribution in [-0.4, -0.2) is 50.1 Å². The third-order valence-corrected chi connectivity index (χ3v) is 4.30. The molecule has 0 spiro atoms. The average molecular weight is 216 g/mol. The first-order valence-electron chi connectivity index (χ1n) is 6.13. The molecular weight excluding hydrogens is 196 g/mol. The highest BCUT2D eigenvalue weighted by Gasteiger charge is 2.51. The van der Waals surface area contributed by atoms with Crippen molar-refractivity contribution < 1.29 is 0 Å². The van der Waals surface area contributed by atoms with Gasteiger partial charge in [-0.05, 0) is 25.6 Å². The first kappa shape index (κ1) is 10.3. The van der Waals surface area contributed by atoms with E-state index in [0.29, 0.717) is 5.41 Å². The third kappa shape index (κ3) is 1.40. The Morgan fingerprint density at radius 2 is 1.56 bits per heavy atom. The molecule has 2 nitrogen and oxygen atoms in total. The van der Waals surface area contributed by atoms with E-state index < -0.39 is 0 Å². The summed E-state index contributed by atoms with van der Waals surface area (Å²) >= 11 is 0. The molecule has 1 aromatic carbocycles. The van der Waals surface area contributed by atoms with Crippen LogP contribution in [0.25, 0.3) is 0 Å². The molecule has 2 heterocycles. The smallest absolute Gasteiger partial charge is 0.0260 e. The molecule has 0 aliphatic carbocycles. The van der Waals surface area contributed by atoms with Crippen LogP contribution in [-0.2, 0) is 5.41 Å². The molecule has 0 aromatic heterocycles. The summed E-state index contributed by atoms with van der Waals surface area (Å²) < 4.78 is 0. The first-order valence-corrected chi connectivity index (χ1v) is 6.13. The van der Waals surface area contributed by atoms with Crippen LogP contribution in [0.3, 0.4) is 0 Å². The highest BCUT2D eigenvalue weighted by Crippen LogP contribution is 2.43. The van der Waals surface area contributed by atoms with E-state index in [-0.39, 0.29) is 0 Å². The van der Waals surface area contributed by atoms with E-state index in [2.05, 4.69) is 54.2 Å². The fourth-order valence-corrected chi connectivity index (χ4v) is 3.75. The monoisotopic (exact) mass is 216 g/mol. The van der Waals surface area contributed by atoms with Gasteiger partial charge in [0.25, 0.3) is 0 Å². The van der Waals surface area contributed by atoms with Gasteiger partial charge in [-0.25, -0.2) is 0 Å². The Morgan fingerprint density at radius 1 is 1.00 bits per heavy atom. The van der Waals surface area contributed by atoms with Crippen molar-refractivity contribution in [3.05, 3.63) is 35.9 Å². The van der Waals surface area contributed by atoms with E-state index in [4.69, 9.17) is 0 Å². The zero-order valence-electron chi connectivity index (χ0n) is 10.2. The molecule has 2 heteroatoms. The molecule has 2 aliphatic heterocycles. The number of likely N-dealkylation sites (N-methyl/N-ethyl adjacent to an activating group) is 2. The lowest BCUT2D eigenvalue weighted by Crippen LogP contribution is -2.36. The Bertz CT molecular complexity index is 360. The molecule has 86 valence electrons. The lowest BCUT2D eigenvalue weighted by molar-refractivity contribution is 0.304. The van der Waals surface area contributed by atoms with Gasteiger partial charge >= 0.3 is 0 Å². The average Bonchev–Trinajstić information content (AvgIpc) is 2.71. The van der Waals surface area contributed by atoms with Crippen LogP contribution in [0.4, 0.5) is 0 Å². The lowest BCUT2D eigenvalue weighted by Gasteiger charge is -2.29. The number of rotatable bonds is 1. The van der Waals surface area contributed by atoms with Crippen molar-refractivity contribution >= 4 is 0 Å². The summed E-state index contributed by atoms with van der Waals surface area (Å²) in [5.74, 6) is 0.810. The van der Waals surface area contributed by atoms with Gasteiger partial charge < -0.3 is 9.80 Å². The Balaban J connectivity index is 2.01. The highest BCUT2D eigenvalue weighted by molar-refractivity contribution is 5.31. The number of nitrogens with zero attached hydrogens (tertiary/aromatic N) is 2. The van der Waals surface area contributed by atoms with Gasteiger partial charge in [0.15, 0.2) is 0 Å². The minimum absolute atomic E-state index is 0.394. The molecule has 0 N–H and O–H groups in total. The van der Waals surface area contributed by atoms with E-state index >= 15 is 0 Å². The zero-order valence-corrected chi connectivity index (χ0v) is 10.2. The summed E-state index contributed by atoms with van der Waals surface area (Å²) in [7, 11) is 4.51. The van der Waals surface area contributed by atoms with Crippen molar-refractivity contribution in [3.63, 3.8) is 0 Å². The largest absolute Gasteiger partial charge is 0.305 e. The maximum Gasteiger partial charge on any atom is 0.0260 e. The molecule has 0 atom stereocenters. The molecule has 0 saturated carbocycles. The maximum atomic E-state index is 2.49. The second-order valence-corrected chi connectivity index (χ2v) is 5.61. The van der Waals surface area contributed by atoms with Crippen LogP contribution in [0, 0.1) is 5.92 Å². The number of fused-ring (bicyclic) bond motifs is 1. The van der Waals surface area contributed by atoms with Crippen LogP contribution >= 0.6 is 0 Å². The number of hydrogen-bond donors (Lipinski definition) is 0. The number of hydrogen-bond acceptors (Lipinski definition) is 2. The molecule has 0 unspecified atom stereocenters.